The normalized spacial score (nSPS) is 10.4. The van der Waals surface area contributed by atoms with E-state index in [4.69, 9.17) is 4.74 Å². The highest BCUT2D eigenvalue weighted by molar-refractivity contribution is 7.11. The second kappa shape index (κ2) is 5.82. The monoisotopic (exact) mass is 263 g/mol. The number of nitrogens with zero attached hydrogens (tertiary/aromatic N) is 2. The Morgan fingerprint density at radius 2 is 2.11 bits per heavy atom. The van der Waals surface area contributed by atoms with Gasteiger partial charge in [0, 0.05) is 21.5 Å². The SMILES string of the molecule is CCOc1cc(C)nc(NCc2ccc(C)s2)n1. The van der Waals surface area contributed by atoms with Crippen LogP contribution in [0.4, 0.5) is 5.95 Å². The first-order valence-electron chi connectivity index (χ1n) is 5.95. The van der Waals surface area contributed by atoms with Crippen molar-refractivity contribution in [3.8, 4) is 5.88 Å². The van der Waals surface area contributed by atoms with Gasteiger partial charge >= 0.3 is 0 Å². The average Bonchev–Trinajstić information content (AvgIpc) is 2.72. The van der Waals surface area contributed by atoms with Gasteiger partial charge in [-0.05, 0) is 32.9 Å². The van der Waals surface area contributed by atoms with Crippen LogP contribution in [0.1, 0.15) is 22.4 Å². The van der Waals surface area contributed by atoms with E-state index in [9.17, 15) is 0 Å². The van der Waals surface area contributed by atoms with Crippen molar-refractivity contribution in [2.75, 3.05) is 11.9 Å². The fourth-order valence-corrected chi connectivity index (χ4v) is 2.42. The Morgan fingerprint density at radius 1 is 1.28 bits per heavy atom. The highest BCUT2D eigenvalue weighted by atomic mass is 32.1. The molecule has 2 rings (SSSR count). The first kappa shape index (κ1) is 12.8. The second-order valence-electron chi connectivity index (χ2n) is 3.97. The number of anilines is 1. The lowest BCUT2D eigenvalue weighted by Crippen LogP contribution is -2.05. The number of hydrogen-bond donors (Lipinski definition) is 1. The zero-order valence-corrected chi connectivity index (χ0v) is 11.7. The minimum Gasteiger partial charge on any atom is -0.478 e. The van der Waals surface area contributed by atoms with Crippen molar-refractivity contribution in [2.45, 2.75) is 27.3 Å². The Bertz CT molecular complexity index is 525. The molecule has 0 spiro atoms. The number of thiophene rings is 1. The fraction of sp³-hybridized carbons (Fsp3) is 0.385. The van der Waals surface area contributed by atoms with E-state index in [0.717, 1.165) is 12.2 Å². The highest BCUT2D eigenvalue weighted by Gasteiger charge is 2.03. The number of nitrogens with one attached hydrogen (secondary N) is 1. The lowest BCUT2D eigenvalue weighted by atomic mass is 10.4. The van der Waals surface area contributed by atoms with Crippen molar-refractivity contribution in [2.24, 2.45) is 0 Å². The molecule has 0 aromatic carbocycles. The summed E-state index contributed by atoms with van der Waals surface area (Å²) in [6.45, 7) is 7.34. The summed E-state index contributed by atoms with van der Waals surface area (Å²) in [5, 5.41) is 3.22. The molecule has 0 atom stereocenters. The molecule has 0 bridgehead atoms. The van der Waals surface area contributed by atoms with Gasteiger partial charge in [0.2, 0.25) is 11.8 Å². The van der Waals surface area contributed by atoms with Crippen LogP contribution in [-0.4, -0.2) is 16.6 Å². The van der Waals surface area contributed by atoms with Gasteiger partial charge in [0.25, 0.3) is 0 Å². The van der Waals surface area contributed by atoms with E-state index in [2.05, 4.69) is 34.3 Å². The van der Waals surface area contributed by atoms with Crippen LogP contribution in [0.3, 0.4) is 0 Å². The Kier molecular flexibility index (Phi) is 4.15. The summed E-state index contributed by atoms with van der Waals surface area (Å²) < 4.78 is 5.39. The molecular formula is C13H17N3OS. The van der Waals surface area contributed by atoms with Gasteiger partial charge in [0.1, 0.15) is 0 Å². The molecular weight excluding hydrogens is 246 g/mol. The molecule has 2 heterocycles. The van der Waals surface area contributed by atoms with E-state index >= 15 is 0 Å². The highest BCUT2D eigenvalue weighted by Crippen LogP contribution is 2.17. The van der Waals surface area contributed by atoms with Gasteiger partial charge in [-0.15, -0.1) is 11.3 Å². The van der Waals surface area contributed by atoms with Gasteiger partial charge in [-0.3, -0.25) is 0 Å². The third kappa shape index (κ3) is 3.43. The number of ether oxygens (including phenoxy) is 1. The summed E-state index contributed by atoms with van der Waals surface area (Å²) in [6.07, 6.45) is 0. The number of aromatic nitrogens is 2. The van der Waals surface area contributed by atoms with E-state index in [0.29, 0.717) is 18.4 Å². The van der Waals surface area contributed by atoms with Crippen LogP contribution in [0.15, 0.2) is 18.2 Å². The minimum absolute atomic E-state index is 0.611. The maximum Gasteiger partial charge on any atom is 0.226 e. The fourth-order valence-electron chi connectivity index (χ4n) is 1.59. The quantitative estimate of drug-likeness (QED) is 0.900. The van der Waals surface area contributed by atoms with Crippen LogP contribution in [0.25, 0.3) is 0 Å². The standard InChI is InChI=1S/C13H17N3OS/c1-4-17-12-7-9(2)15-13(16-12)14-8-11-6-5-10(3)18-11/h5-7H,4,8H2,1-3H3,(H,14,15,16). The van der Waals surface area contributed by atoms with Gasteiger partial charge in [-0.2, -0.15) is 4.98 Å². The molecule has 0 aliphatic carbocycles. The summed E-state index contributed by atoms with van der Waals surface area (Å²) in [7, 11) is 0. The predicted molar refractivity (Wildman–Crippen MR) is 74.3 cm³/mol. The van der Waals surface area contributed by atoms with Gasteiger partial charge < -0.3 is 10.1 Å². The van der Waals surface area contributed by atoms with Crippen LogP contribution < -0.4 is 10.1 Å². The topological polar surface area (TPSA) is 47.0 Å². The van der Waals surface area contributed by atoms with E-state index in [1.54, 1.807) is 11.3 Å². The molecule has 1 N–H and O–H groups in total. The number of aryl methyl sites for hydroxylation is 2. The summed E-state index contributed by atoms with van der Waals surface area (Å²) in [5.74, 6) is 1.24. The Hall–Kier alpha value is -1.62. The molecule has 96 valence electrons. The first-order chi connectivity index (χ1) is 8.67. The molecule has 0 saturated carbocycles. The maximum absolute atomic E-state index is 5.39. The Balaban J connectivity index is 2.04. The summed E-state index contributed by atoms with van der Waals surface area (Å²) in [4.78, 5) is 11.2. The molecule has 4 nitrogen and oxygen atoms in total. The number of rotatable bonds is 5. The van der Waals surface area contributed by atoms with Gasteiger partial charge in [-0.25, -0.2) is 4.98 Å². The minimum atomic E-state index is 0.611. The van der Waals surface area contributed by atoms with Crippen LogP contribution in [0.2, 0.25) is 0 Å². The van der Waals surface area contributed by atoms with Crippen molar-refractivity contribution >= 4 is 17.3 Å². The second-order valence-corrected chi connectivity index (χ2v) is 5.34. The lowest BCUT2D eigenvalue weighted by Gasteiger charge is -2.07. The van der Waals surface area contributed by atoms with Crippen molar-refractivity contribution in [1.29, 1.82) is 0 Å². The van der Waals surface area contributed by atoms with Gasteiger partial charge in [0.15, 0.2) is 0 Å². The predicted octanol–water partition coefficient (Wildman–Crippen LogP) is 3.17. The zero-order valence-electron chi connectivity index (χ0n) is 10.9. The molecule has 0 aliphatic heterocycles. The van der Waals surface area contributed by atoms with Crippen LogP contribution in [0, 0.1) is 13.8 Å². The van der Waals surface area contributed by atoms with E-state index in [1.807, 2.05) is 19.9 Å². The third-order valence-electron chi connectivity index (χ3n) is 2.34. The van der Waals surface area contributed by atoms with Crippen LogP contribution >= 0.6 is 11.3 Å². The molecule has 0 aliphatic rings. The van der Waals surface area contributed by atoms with E-state index < -0.39 is 0 Å². The molecule has 0 fully saturated rings. The van der Waals surface area contributed by atoms with Crippen molar-refractivity contribution in [1.82, 2.24) is 9.97 Å². The molecule has 0 saturated heterocycles. The third-order valence-corrected chi connectivity index (χ3v) is 3.34. The smallest absolute Gasteiger partial charge is 0.226 e. The van der Waals surface area contributed by atoms with Gasteiger partial charge in [0.05, 0.1) is 13.2 Å². The van der Waals surface area contributed by atoms with Crippen molar-refractivity contribution < 1.29 is 4.74 Å². The van der Waals surface area contributed by atoms with Crippen molar-refractivity contribution in [3.05, 3.63) is 33.6 Å². The summed E-state index contributed by atoms with van der Waals surface area (Å²) in [6, 6.07) is 6.07. The summed E-state index contributed by atoms with van der Waals surface area (Å²) >= 11 is 1.78. The molecule has 0 amide bonds. The van der Waals surface area contributed by atoms with Crippen LogP contribution in [-0.2, 0) is 6.54 Å². The number of hydrogen-bond acceptors (Lipinski definition) is 5. The molecule has 2 aromatic heterocycles. The summed E-state index contributed by atoms with van der Waals surface area (Å²) in [5.41, 5.74) is 0.901. The largest absolute Gasteiger partial charge is 0.478 e. The lowest BCUT2D eigenvalue weighted by molar-refractivity contribution is 0.326. The van der Waals surface area contributed by atoms with Crippen LogP contribution in [0.5, 0.6) is 5.88 Å². The average molecular weight is 263 g/mol. The Labute approximate surface area is 111 Å². The van der Waals surface area contributed by atoms with Crippen molar-refractivity contribution in [3.63, 3.8) is 0 Å². The van der Waals surface area contributed by atoms with E-state index in [1.165, 1.54) is 9.75 Å². The first-order valence-corrected chi connectivity index (χ1v) is 6.76. The molecule has 0 radical (unpaired) electrons. The maximum atomic E-state index is 5.39. The molecule has 2 aromatic rings. The Morgan fingerprint density at radius 3 is 2.78 bits per heavy atom. The molecule has 5 heteroatoms. The van der Waals surface area contributed by atoms with Gasteiger partial charge in [-0.1, -0.05) is 0 Å². The molecule has 18 heavy (non-hydrogen) atoms. The molecule has 0 unspecified atom stereocenters. The van der Waals surface area contributed by atoms with E-state index in [-0.39, 0.29) is 0 Å². The zero-order chi connectivity index (χ0) is 13.0.